The Balaban J connectivity index is 2.31. The van der Waals surface area contributed by atoms with Crippen LogP contribution in [0.1, 0.15) is 12.5 Å². The lowest BCUT2D eigenvalue weighted by atomic mass is 10.2. The van der Waals surface area contributed by atoms with E-state index in [0.717, 1.165) is 6.42 Å². The van der Waals surface area contributed by atoms with Crippen LogP contribution in [0.25, 0.3) is 11.2 Å². The van der Waals surface area contributed by atoms with Crippen LogP contribution in [0.15, 0.2) is 11.0 Å². The second-order valence-corrected chi connectivity index (χ2v) is 4.41. The molecule has 17 heavy (non-hydrogen) atoms. The minimum absolute atomic E-state index is 0.0390. The number of fused-ring (bicyclic) bond motifs is 1. The summed E-state index contributed by atoms with van der Waals surface area (Å²) in [5.41, 5.74) is 1.16. The van der Waals surface area contributed by atoms with Crippen molar-refractivity contribution in [1.29, 1.82) is 0 Å². The van der Waals surface area contributed by atoms with E-state index in [0.29, 0.717) is 24.4 Å². The number of ether oxygens (including phenoxy) is 1. The van der Waals surface area contributed by atoms with Gasteiger partial charge in [0.15, 0.2) is 5.65 Å². The van der Waals surface area contributed by atoms with Crippen molar-refractivity contribution in [2.24, 2.45) is 7.05 Å². The van der Waals surface area contributed by atoms with E-state index in [1.54, 1.807) is 17.8 Å². The molecule has 6 nitrogen and oxygen atoms in total. The van der Waals surface area contributed by atoms with Gasteiger partial charge >= 0.3 is 5.69 Å². The minimum atomic E-state index is -0.105. The molecule has 3 rings (SSSR count). The first kappa shape index (κ1) is 10.7. The van der Waals surface area contributed by atoms with Gasteiger partial charge in [0.1, 0.15) is 5.52 Å². The van der Waals surface area contributed by atoms with Crippen LogP contribution in [-0.4, -0.2) is 32.3 Å². The van der Waals surface area contributed by atoms with E-state index in [2.05, 4.69) is 9.97 Å². The lowest BCUT2D eigenvalue weighted by molar-refractivity contribution is 0.186. The third-order valence-electron chi connectivity index (χ3n) is 3.07. The van der Waals surface area contributed by atoms with Crippen molar-refractivity contribution >= 4 is 22.8 Å². The van der Waals surface area contributed by atoms with E-state index in [9.17, 15) is 4.79 Å². The van der Waals surface area contributed by atoms with Crippen LogP contribution in [-0.2, 0) is 11.8 Å². The number of aromatic nitrogens is 4. The molecule has 1 fully saturated rings. The molecule has 0 aliphatic carbocycles. The average molecular weight is 255 g/mol. The molecular weight excluding hydrogens is 244 g/mol. The predicted octanol–water partition coefficient (Wildman–Crippen LogP) is 0.745. The highest BCUT2D eigenvalue weighted by Crippen LogP contribution is 2.21. The number of imidazole rings is 1. The Kier molecular flexibility index (Phi) is 2.41. The van der Waals surface area contributed by atoms with Gasteiger partial charge in [0.2, 0.25) is 5.28 Å². The van der Waals surface area contributed by atoms with Crippen molar-refractivity contribution in [2.75, 3.05) is 13.2 Å². The lowest BCUT2D eigenvalue weighted by Crippen LogP contribution is -2.26. The van der Waals surface area contributed by atoms with Gasteiger partial charge in [0.25, 0.3) is 0 Å². The highest BCUT2D eigenvalue weighted by Gasteiger charge is 2.24. The fourth-order valence-electron chi connectivity index (χ4n) is 2.17. The molecule has 0 aromatic carbocycles. The molecule has 1 saturated heterocycles. The zero-order valence-electron chi connectivity index (χ0n) is 9.26. The third kappa shape index (κ3) is 1.56. The standard InChI is InChI=1S/C10H11ClN4O2/c1-14-7-4-12-9(11)13-8(7)15(10(14)16)6-2-3-17-5-6/h4,6H,2-3,5H2,1H3/t6-/m0/s1. The van der Waals surface area contributed by atoms with Crippen LogP contribution in [0.2, 0.25) is 5.28 Å². The molecule has 0 unspecified atom stereocenters. The van der Waals surface area contributed by atoms with Crippen molar-refractivity contribution in [3.8, 4) is 0 Å². The maximum Gasteiger partial charge on any atom is 0.330 e. The molecule has 1 atom stereocenters. The van der Waals surface area contributed by atoms with E-state index < -0.39 is 0 Å². The fourth-order valence-corrected chi connectivity index (χ4v) is 2.30. The van der Waals surface area contributed by atoms with Crippen LogP contribution < -0.4 is 5.69 Å². The first-order valence-corrected chi connectivity index (χ1v) is 5.73. The molecule has 3 heterocycles. The molecule has 0 saturated carbocycles. The quantitative estimate of drug-likeness (QED) is 0.705. The Bertz CT molecular complexity index is 627. The average Bonchev–Trinajstić information content (AvgIpc) is 2.88. The summed E-state index contributed by atoms with van der Waals surface area (Å²) in [7, 11) is 1.70. The van der Waals surface area contributed by atoms with Gasteiger partial charge in [-0.2, -0.15) is 4.98 Å². The second-order valence-electron chi connectivity index (χ2n) is 4.08. The number of rotatable bonds is 1. The lowest BCUT2D eigenvalue weighted by Gasteiger charge is -2.08. The van der Waals surface area contributed by atoms with E-state index >= 15 is 0 Å². The zero-order chi connectivity index (χ0) is 12.0. The summed E-state index contributed by atoms with van der Waals surface area (Å²) < 4.78 is 8.49. The summed E-state index contributed by atoms with van der Waals surface area (Å²) in [6, 6.07) is 0.0390. The van der Waals surface area contributed by atoms with Gasteiger partial charge < -0.3 is 4.74 Å². The predicted molar refractivity (Wildman–Crippen MR) is 62.3 cm³/mol. The topological polar surface area (TPSA) is 61.9 Å². The first-order valence-electron chi connectivity index (χ1n) is 5.35. The van der Waals surface area contributed by atoms with E-state index in [4.69, 9.17) is 16.3 Å². The van der Waals surface area contributed by atoms with Gasteiger partial charge in [-0.15, -0.1) is 0 Å². The Morgan fingerprint density at radius 1 is 1.59 bits per heavy atom. The molecule has 1 aliphatic heterocycles. The van der Waals surface area contributed by atoms with Gasteiger partial charge in [0.05, 0.1) is 18.8 Å². The molecule has 2 aromatic heterocycles. The van der Waals surface area contributed by atoms with Gasteiger partial charge in [-0.3, -0.25) is 9.13 Å². The molecule has 0 spiro atoms. The summed E-state index contributed by atoms with van der Waals surface area (Å²) in [5, 5.41) is 0.149. The zero-order valence-corrected chi connectivity index (χ0v) is 10.0. The number of nitrogens with zero attached hydrogens (tertiary/aromatic N) is 4. The van der Waals surface area contributed by atoms with Crippen molar-refractivity contribution in [2.45, 2.75) is 12.5 Å². The van der Waals surface area contributed by atoms with E-state index in [-0.39, 0.29) is 17.0 Å². The van der Waals surface area contributed by atoms with Crippen molar-refractivity contribution in [3.05, 3.63) is 22.0 Å². The second kappa shape index (κ2) is 3.82. The highest BCUT2D eigenvalue weighted by atomic mass is 35.5. The van der Waals surface area contributed by atoms with Gasteiger partial charge in [-0.05, 0) is 18.0 Å². The summed E-state index contributed by atoms with van der Waals surface area (Å²) >= 11 is 5.78. The Morgan fingerprint density at radius 3 is 3.12 bits per heavy atom. The molecule has 1 aliphatic rings. The van der Waals surface area contributed by atoms with Crippen LogP contribution in [0.5, 0.6) is 0 Å². The third-order valence-corrected chi connectivity index (χ3v) is 3.26. The Morgan fingerprint density at radius 2 is 2.41 bits per heavy atom. The maximum atomic E-state index is 12.1. The molecule has 7 heteroatoms. The summed E-state index contributed by atoms with van der Waals surface area (Å²) in [6.45, 7) is 1.22. The van der Waals surface area contributed by atoms with Gasteiger partial charge in [-0.1, -0.05) is 0 Å². The van der Waals surface area contributed by atoms with Crippen LogP contribution in [0.4, 0.5) is 0 Å². The van der Waals surface area contributed by atoms with Gasteiger partial charge in [-0.25, -0.2) is 9.78 Å². The highest BCUT2D eigenvalue weighted by molar-refractivity contribution is 6.28. The molecule has 90 valence electrons. The number of halogens is 1. The molecule has 0 bridgehead atoms. The number of aryl methyl sites for hydroxylation is 1. The Labute approximate surface area is 102 Å². The maximum absolute atomic E-state index is 12.1. The van der Waals surface area contributed by atoms with E-state index in [1.165, 1.54) is 4.57 Å². The summed E-state index contributed by atoms with van der Waals surface area (Å²) in [6.07, 6.45) is 2.39. The van der Waals surface area contributed by atoms with Crippen LogP contribution >= 0.6 is 11.6 Å². The monoisotopic (exact) mass is 254 g/mol. The molecule has 0 radical (unpaired) electrons. The van der Waals surface area contributed by atoms with Crippen molar-refractivity contribution in [1.82, 2.24) is 19.1 Å². The molecule has 0 amide bonds. The first-order chi connectivity index (χ1) is 8.18. The SMILES string of the molecule is Cn1c(=O)n([C@H]2CCOC2)c2nc(Cl)ncc21. The normalized spacial score (nSPS) is 20.2. The van der Waals surface area contributed by atoms with Crippen molar-refractivity contribution < 1.29 is 4.74 Å². The number of hydrogen-bond acceptors (Lipinski definition) is 4. The smallest absolute Gasteiger partial charge is 0.330 e. The largest absolute Gasteiger partial charge is 0.379 e. The molecular formula is C10H11ClN4O2. The summed E-state index contributed by atoms with van der Waals surface area (Å²) in [5.74, 6) is 0. The van der Waals surface area contributed by atoms with Crippen molar-refractivity contribution in [3.63, 3.8) is 0 Å². The molecule has 0 N–H and O–H groups in total. The number of hydrogen-bond donors (Lipinski definition) is 0. The summed E-state index contributed by atoms with van der Waals surface area (Å²) in [4.78, 5) is 20.2. The molecule has 2 aromatic rings. The van der Waals surface area contributed by atoms with Gasteiger partial charge in [0, 0.05) is 13.7 Å². The van der Waals surface area contributed by atoms with E-state index in [1.807, 2.05) is 0 Å². The Hall–Kier alpha value is -1.40. The van der Waals surface area contributed by atoms with Crippen LogP contribution in [0.3, 0.4) is 0 Å². The fraction of sp³-hybridized carbons (Fsp3) is 0.500. The van der Waals surface area contributed by atoms with Crippen LogP contribution in [0, 0.1) is 0 Å². The minimum Gasteiger partial charge on any atom is -0.379 e.